The lowest BCUT2D eigenvalue weighted by Crippen LogP contribution is -2.23. The van der Waals surface area contributed by atoms with Crippen molar-refractivity contribution >= 4 is 29.0 Å². The maximum Gasteiger partial charge on any atom is 0.193 e. The Kier molecular flexibility index (Phi) is 4.32. The van der Waals surface area contributed by atoms with Gasteiger partial charge >= 0.3 is 0 Å². The molecule has 0 heterocycles. The van der Waals surface area contributed by atoms with Crippen molar-refractivity contribution in [3.05, 3.63) is 105 Å². The highest BCUT2D eigenvalue weighted by molar-refractivity contribution is 6.42. The van der Waals surface area contributed by atoms with Crippen molar-refractivity contribution in [1.82, 2.24) is 0 Å². The Bertz CT molecular complexity index is 1010. The Labute approximate surface area is 162 Å². The second-order valence-corrected chi connectivity index (χ2v) is 7.11. The van der Waals surface area contributed by atoms with E-state index in [1.54, 1.807) is 6.07 Å². The van der Waals surface area contributed by atoms with E-state index in [4.69, 9.17) is 29.6 Å². The predicted molar refractivity (Wildman–Crippen MR) is 106 cm³/mol. The molecule has 3 aromatic rings. The number of rotatable bonds is 2. The lowest BCUT2D eigenvalue weighted by Gasteiger charge is -2.31. The highest BCUT2D eigenvalue weighted by Crippen LogP contribution is 2.45. The van der Waals surface area contributed by atoms with Gasteiger partial charge in [-0.2, -0.15) is 0 Å². The van der Waals surface area contributed by atoms with Gasteiger partial charge in [0.15, 0.2) is 5.78 Å². The van der Waals surface area contributed by atoms with Gasteiger partial charge < -0.3 is 0 Å². The monoisotopic (exact) mass is 376 g/mol. The fraction of sp³-hybridized carbons (Fsp3) is 0.0870. The summed E-state index contributed by atoms with van der Waals surface area (Å²) in [4.78, 5) is 12.9. The smallest absolute Gasteiger partial charge is 0.193 e. The van der Waals surface area contributed by atoms with Crippen molar-refractivity contribution in [3.63, 3.8) is 0 Å². The number of benzene rings is 3. The quantitative estimate of drug-likeness (QED) is 0.494. The van der Waals surface area contributed by atoms with E-state index in [0.717, 1.165) is 16.7 Å². The molecule has 0 bridgehead atoms. The third kappa shape index (κ3) is 2.63. The van der Waals surface area contributed by atoms with Crippen LogP contribution in [0.2, 0.25) is 10.0 Å². The topological polar surface area (TPSA) is 17.1 Å². The van der Waals surface area contributed by atoms with Crippen molar-refractivity contribution in [2.45, 2.75) is 11.8 Å². The summed E-state index contributed by atoms with van der Waals surface area (Å²) < 4.78 is 0. The van der Waals surface area contributed by atoms with Crippen molar-refractivity contribution in [3.8, 4) is 12.3 Å². The van der Waals surface area contributed by atoms with Crippen LogP contribution >= 0.6 is 23.2 Å². The molecule has 0 saturated heterocycles. The van der Waals surface area contributed by atoms with Gasteiger partial charge in [0.05, 0.1) is 16.0 Å². The summed E-state index contributed by atoms with van der Waals surface area (Å²) in [5.74, 6) is 2.57. The molecule has 4 rings (SSSR count). The molecule has 0 saturated carbocycles. The van der Waals surface area contributed by atoms with Crippen LogP contribution in [0.5, 0.6) is 0 Å². The molecule has 0 fully saturated rings. The molecule has 0 N–H and O–H groups in total. The number of carbonyl (C=O) groups excluding carboxylic acids is 1. The molecule has 1 aliphatic carbocycles. The fourth-order valence-corrected chi connectivity index (χ4v) is 4.02. The Morgan fingerprint density at radius 2 is 1.42 bits per heavy atom. The van der Waals surface area contributed by atoms with Crippen LogP contribution in [0, 0.1) is 12.3 Å². The third-order valence-corrected chi connectivity index (χ3v) is 5.64. The highest BCUT2D eigenvalue weighted by atomic mass is 35.5. The summed E-state index contributed by atoms with van der Waals surface area (Å²) in [7, 11) is 0. The normalized spacial score (nSPS) is 14.3. The zero-order valence-electron chi connectivity index (χ0n) is 13.7. The minimum atomic E-state index is -0.264. The molecule has 0 aliphatic heterocycles. The molecule has 0 amide bonds. The van der Waals surface area contributed by atoms with E-state index in [2.05, 4.69) is 5.92 Å². The zero-order chi connectivity index (χ0) is 18.3. The van der Waals surface area contributed by atoms with E-state index in [1.807, 2.05) is 60.7 Å². The molecular formula is C23H14Cl2O. The summed E-state index contributed by atoms with van der Waals surface area (Å²) in [6.07, 6.45) is 5.96. The summed E-state index contributed by atoms with van der Waals surface area (Å²) in [6.45, 7) is 0. The average Bonchev–Trinajstić information content (AvgIpc) is 2.67. The molecule has 0 spiro atoms. The van der Waals surface area contributed by atoms with E-state index < -0.39 is 0 Å². The van der Waals surface area contributed by atoms with Crippen molar-refractivity contribution in [1.29, 1.82) is 0 Å². The van der Waals surface area contributed by atoms with Gasteiger partial charge in [-0.3, -0.25) is 4.79 Å². The van der Waals surface area contributed by atoms with Crippen molar-refractivity contribution in [2.24, 2.45) is 0 Å². The molecule has 3 heteroatoms. The van der Waals surface area contributed by atoms with E-state index >= 15 is 0 Å². The summed E-state index contributed by atoms with van der Waals surface area (Å²) in [5, 5.41) is 0.962. The molecule has 3 aromatic carbocycles. The van der Waals surface area contributed by atoms with Gasteiger partial charge in [-0.05, 0) is 28.8 Å². The Morgan fingerprint density at radius 3 is 1.96 bits per heavy atom. The predicted octanol–water partition coefficient (Wildman–Crippen LogP) is 6.09. The largest absolute Gasteiger partial charge is 0.289 e. The number of fused-ring (bicyclic) bond motifs is 2. The second kappa shape index (κ2) is 6.65. The lowest BCUT2D eigenvalue weighted by atomic mass is 9.70. The summed E-state index contributed by atoms with van der Waals surface area (Å²) in [6, 6.07) is 20.8. The van der Waals surface area contributed by atoms with Gasteiger partial charge in [0.25, 0.3) is 0 Å². The summed E-state index contributed by atoms with van der Waals surface area (Å²) in [5.41, 5.74) is 4.22. The molecule has 1 nitrogen and oxygen atoms in total. The molecule has 1 atom stereocenters. The first-order valence-electron chi connectivity index (χ1n) is 8.25. The van der Waals surface area contributed by atoms with Crippen LogP contribution in [0.25, 0.3) is 0 Å². The number of halogens is 2. The lowest BCUT2D eigenvalue weighted by molar-refractivity contribution is 0.103. The van der Waals surface area contributed by atoms with Crippen molar-refractivity contribution in [2.75, 3.05) is 0 Å². The molecular weight excluding hydrogens is 363 g/mol. The van der Waals surface area contributed by atoms with Crippen molar-refractivity contribution < 1.29 is 4.79 Å². The molecule has 1 unspecified atom stereocenters. The van der Waals surface area contributed by atoms with Crippen LogP contribution in [0.4, 0.5) is 0 Å². The minimum absolute atomic E-state index is 0.0392. The first kappa shape index (κ1) is 16.9. The molecule has 126 valence electrons. The van der Waals surface area contributed by atoms with Crippen LogP contribution in [-0.4, -0.2) is 5.78 Å². The average molecular weight is 377 g/mol. The van der Waals surface area contributed by atoms with Gasteiger partial charge in [0.2, 0.25) is 0 Å². The number of hydrogen-bond donors (Lipinski definition) is 0. The van der Waals surface area contributed by atoms with E-state index in [0.29, 0.717) is 21.2 Å². The van der Waals surface area contributed by atoms with E-state index in [9.17, 15) is 4.79 Å². The second-order valence-electron chi connectivity index (χ2n) is 6.30. The Balaban J connectivity index is 1.95. The summed E-state index contributed by atoms with van der Waals surface area (Å²) >= 11 is 12.3. The third-order valence-electron chi connectivity index (χ3n) is 4.90. The van der Waals surface area contributed by atoms with Gasteiger partial charge in [0.1, 0.15) is 0 Å². The maximum atomic E-state index is 12.9. The molecule has 26 heavy (non-hydrogen) atoms. The number of terminal acetylenes is 1. The Hall–Kier alpha value is -2.53. The molecule has 1 aliphatic rings. The first-order valence-corrected chi connectivity index (χ1v) is 9.01. The molecule has 0 radical (unpaired) electrons. The van der Waals surface area contributed by atoms with Crippen LogP contribution in [0.3, 0.4) is 0 Å². The minimum Gasteiger partial charge on any atom is -0.289 e. The molecule has 0 aromatic heterocycles. The van der Waals surface area contributed by atoms with Crippen LogP contribution in [-0.2, 0) is 0 Å². The van der Waals surface area contributed by atoms with Gasteiger partial charge in [-0.15, -0.1) is 6.42 Å². The van der Waals surface area contributed by atoms with E-state index in [-0.39, 0.29) is 17.6 Å². The SMILES string of the molecule is C#CC(c1ccc(Cl)c(Cl)c1)C1c2ccccc2C(=O)c2ccccc21. The zero-order valence-corrected chi connectivity index (χ0v) is 15.3. The Morgan fingerprint density at radius 1 is 0.846 bits per heavy atom. The number of ketones is 1. The number of carbonyl (C=O) groups is 1. The maximum absolute atomic E-state index is 12.9. The van der Waals surface area contributed by atoms with Crippen LogP contribution in [0.1, 0.15) is 44.4 Å². The first-order chi connectivity index (χ1) is 12.6. The van der Waals surface area contributed by atoms with Gasteiger partial charge in [-0.1, -0.05) is 83.7 Å². The van der Waals surface area contributed by atoms with E-state index in [1.165, 1.54) is 0 Å². The fourth-order valence-electron chi connectivity index (χ4n) is 3.71. The van der Waals surface area contributed by atoms with Crippen LogP contribution in [0.15, 0.2) is 66.7 Å². The number of hydrogen-bond acceptors (Lipinski definition) is 1. The highest BCUT2D eigenvalue weighted by Gasteiger charge is 2.35. The van der Waals surface area contributed by atoms with Gasteiger partial charge in [-0.25, -0.2) is 0 Å². The van der Waals surface area contributed by atoms with Gasteiger partial charge in [0, 0.05) is 17.0 Å². The standard InChI is InChI=1S/C23H14Cl2O/c1-2-15(14-11-12-20(24)21(25)13-14)22-16-7-3-5-9-18(16)23(26)19-10-6-4-8-17(19)22/h1,3-13,15,22H. The van der Waals surface area contributed by atoms with Crippen LogP contribution < -0.4 is 0 Å².